The highest BCUT2D eigenvalue weighted by Gasteiger charge is 2.24. The van der Waals surface area contributed by atoms with Gasteiger partial charge in [0.05, 0.1) is 12.2 Å². The summed E-state index contributed by atoms with van der Waals surface area (Å²) in [6, 6.07) is 0.305. The molecule has 1 atom stereocenters. The molecule has 1 aromatic rings. The van der Waals surface area contributed by atoms with E-state index in [2.05, 4.69) is 35.1 Å². The molecular formula is C17H29N5O. The molecule has 128 valence electrons. The average Bonchev–Trinajstić information content (AvgIpc) is 3.06. The first-order chi connectivity index (χ1) is 11.1. The summed E-state index contributed by atoms with van der Waals surface area (Å²) in [4.78, 5) is 16.6. The number of hydrogen-bond acceptors (Lipinski definition) is 4. The van der Waals surface area contributed by atoms with E-state index in [0.717, 1.165) is 32.5 Å². The van der Waals surface area contributed by atoms with Crippen molar-refractivity contribution in [2.45, 2.75) is 46.6 Å². The maximum atomic E-state index is 12.3. The van der Waals surface area contributed by atoms with E-state index in [9.17, 15) is 4.79 Å². The molecule has 1 saturated heterocycles. The molecule has 0 spiro atoms. The third-order valence-electron chi connectivity index (χ3n) is 4.60. The molecule has 1 aromatic heterocycles. The predicted molar refractivity (Wildman–Crippen MR) is 91.4 cm³/mol. The first-order valence-electron chi connectivity index (χ1n) is 8.64. The zero-order valence-electron chi connectivity index (χ0n) is 14.8. The molecule has 0 N–H and O–H groups in total. The molecule has 1 amide bonds. The van der Waals surface area contributed by atoms with Crippen LogP contribution in [0.25, 0.3) is 0 Å². The van der Waals surface area contributed by atoms with Crippen LogP contribution in [0, 0.1) is 0 Å². The zero-order valence-corrected chi connectivity index (χ0v) is 14.8. The monoisotopic (exact) mass is 319 g/mol. The van der Waals surface area contributed by atoms with Crippen molar-refractivity contribution in [1.82, 2.24) is 24.8 Å². The van der Waals surface area contributed by atoms with E-state index in [-0.39, 0.29) is 5.91 Å². The second-order valence-electron chi connectivity index (χ2n) is 6.23. The van der Waals surface area contributed by atoms with Crippen LogP contribution in [-0.4, -0.2) is 63.4 Å². The van der Waals surface area contributed by atoms with E-state index < -0.39 is 0 Å². The number of carbonyl (C=O) groups is 1. The lowest BCUT2D eigenvalue weighted by molar-refractivity contribution is 0.0767. The summed E-state index contributed by atoms with van der Waals surface area (Å²) < 4.78 is 1.88. The number of aromatic nitrogens is 3. The Hall–Kier alpha value is -1.69. The fourth-order valence-electron chi connectivity index (χ4n) is 3.06. The van der Waals surface area contributed by atoms with Crippen LogP contribution in [0.15, 0.2) is 17.8 Å². The van der Waals surface area contributed by atoms with E-state index in [4.69, 9.17) is 0 Å². The van der Waals surface area contributed by atoms with Gasteiger partial charge in [0.2, 0.25) is 0 Å². The Morgan fingerprint density at radius 3 is 2.83 bits per heavy atom. The third-order valence-corrected chi connectivity index (χ3v) is 4.60. The van der Waals surface area contributed by atoms with Gasteiger partial charge in [-0.15, -0.1) is 5.10 Å². The maximum Gasteiger partial charge on any atom is 0.276 e. The van der Waals surface area contributed by atoms with Gasteiger partial charge in [-0.1, -0.05) is 16.9 Å². The quantitative estimate of drug-likeness (QED) is 0.755. The molecule has 0 aromatic carbocycles. The minimum Gasteiger partial charge on any atom is -0.338 e. The molecule has 1 aliphatic heterocycles. The number of likely N-dealkylation sites (tertiary alicyclic amines) is 1. The topological polar surface area (TPSA) is 54.3 Å². The minimum absolute atomic E-state index is 0.0290. The summed E-state index contributed by atoms with van der Waals surface area (Å²) in [5.41, 5.74) is 1.84. The Labute approximate surface area is 139 Å². The Balaban J connectivity index is 2.03. The van der Waals surface area contributed by atoms with Gasteiger partial charge in [0.1, 0.15) is 0 Å². The molecule has 0 aliphatic carbocycles. The van der Waals surface area contributed by atoms with Gasteiger partial charge in [0, 0.05) is 26.2 Å². The predicted octanol–water partition coefficient (Wildman–Crippen LogP) is 2.36. The zero-order chi connectivity index (χ0) is 16.8. The number of nitrogens with zero attached hydrogens (tertiary/aromatic N) is 5. The summed E-state index contributed by atoms with van der Waals surface area (Å²) in [6.07, 6.45) is 6.23. The molecule has 0 radical (unpaired) electrons. The normalized spacial score (nSPS) is 19.8. The molecule has 6 heteroatoms. The van der Waals surface area contributed by atoms with E-state index in [1.54, 1.807) is 4.90 Å². The molecule has 0 saturated carbocycles. The highest BCUT2D eigenvalue weighted by atomic mass is 16.2. The number of carbonyl (C=O) groups excluding carboxylic acids is 1. The highest BCUT2D eigenvalue weighted by Crippen LogP contribution is 2.21. The van der Waals surface area contributed by atoms with Crippen molar-refractivity contribution in [3.05, 3.63) is 23.5 Å². The highest BCUT2D eigenvalue weighted by molar-refractivity contribution is 5.91. The summed E-state index contributed by atoms with van der Waals surface area (Å²) in [5.74, 6) is -0.0290. The van der Waals surface area contributed by atoms with Crippen molar-refractivity contribution in [3.63, 3.8) is 0 Å². The lowest BCUT2D eigenvalue weighted by Gasteiger charge is -2.32. The van der Waals surface area contributed by atoms with E-state index >= 15 is 0 Å². The first-order valence-corrected chi connectivity index (χ1v) is 8.64. The van der Waals surface area contributed by atoms with Crippen LogP contribution in [0.1, 0.15) is 57.1 Å². The van der Waals surface area contributed by atoms with Crippen molar-refractivity contribution in [2.75, 3.05) is 32.7 Å². The molecule has 2 rings (SSSR count). The fraction of sp³-hybridized carbons (Fsp3) is 0.706. The van der Waals surface area contributed by atoms with Gasteiger partial charge in [-0.25, -0.2) is 4.68 Å². The second-order valence-corrected chi connectivity index (χ2v) is 6.23. The smallest absolute Gasteiger partial charge is 0.276 e. The Bertz CT molecular complexity index is 547. The number of piperidine rings is 1. The minimum atomic E-state index is -0.0290. The molecule has 2 heterocycles. The van der Waals surface area contributed by atoms with Crippen LogP contribution in [0.5, 0.6) is 0 Å². The van der Waals surface area contributed by atoms with Gasteiger partial charge in [-0.2, -0.15) is 0 Å². The summed E-state index contributed by atoms with van der Waals surface area (Å²) in [7, 11) is 0. The van der Waals surface area contributed by atoms with Crippen molar-refractivity contribution in [1.29, 1.82) is 0 Å². The largest absolute Gasteiger partial charge is 0.338 e. The number of amides is 1. The lowest BCUT2D eigenvalue weighted by atomic mass is 10.1. The van der Waals surface area contributed by atoms with E-state index in [1.165, 1.54) is 5.57 Å². The van der Waals surface area contributed by atoms with Gasteiger partial charge in [0.15, 0.2) is 5.69 Å². The lowest BCUT2D eigenvalue weighted by Crippen LogP contribution is -2.37. The van der Waals surface area contributed by atoms with Crippen molar-refractivity contribution < 1.29 is 4.79 Å². The Morgan fingerprint density at radius 1 is 1.43 bits per heavy atom. The van der Waals surface area contributed by atoms with Crippen molar-refractivity contribution >= 4 is 5.91 Å². The van der Waals surface area contributed by atoms with Crippen LogP contribution >= 0.6 is 0 Å². The van der Waals surface area contributed by atoms with Crippen LogP contribution in [0.4, 0.5) is 0 Å². The molecule has 6 nitrogen and oxygen atoms in total. The van der Waals surface area contributed by atoms with Crippen molar-refractivity contribution in [2.24, 2.45) is 0 Å². The Morgan fingerprint density at radius 2 is 2.17 bits per heavy atom. The second kappa shape index (κ2) is 8.24. The number of allylic oxidation sites excluding steroid dienone is 1. The van der Waals surface area contributed by atoms with E-state index in [0.29, 0.717) is 24.8 Å². The average molecular weight is 319 g/mol. The van der Waals surface area contributed by atoms with Gasteiger partial charge in [0.25, 0.3) is 5.91 Å². The fourth-order valence-corrected chi connectivity index (χ4v) is 3.06. The van der Waals surface area contributed by atoms with Gasteiger partial charge >= 0.3 is 0 Å². The first kappa shape index (κ1) is 17.7. The summed E-state index contributed by atoms with van der Waals surface area (Å²) in [5, 5.41) is 8.33. The molecule has 0 bridgehead atoms. The van der Waals surface area contributed by atoms with Gasteiger partial charge in [-0.3, -0.25) is 9.69 Å². The molecule has 23 heavy (non-hydrogen) atoms. The van der Waals surface area contributed by atoms with Crippen LogP contribution in [0.2, 0.25) is 0 Å². The summed E-state index contributed by atoms with van der Waals surface area (Å²) in [6.45, 7) is 12.7. The molecular weight excluding hydrogens is 290 g/mol. The third kappa shape index (κ3) is 4.41. The Kier molecular flexibility index (Phi) is 6.33. The summed E-state index contributed by atoms with van der Waals surface area (Å²) >= 11 is 0. The van der Waals surface area contributed by atoms with E-state index in [1.807, 2.05) is 24.7 Å². The van der Waals surface area contributed by atoms with Gasteiger partial charge in [-0.05, 0) is 47.1 Å². The van der Waals surface area contributed by atoms with Crippen LogP contribution in [0.3, 0.4) is 0 Å². The standard InChI is InChI=1S/C17H29N5O/c1-5-14(4)11-20-10-8-9-15(12-20)22-13-16(18-19-22)17(23)21(6-2)7-3/h5,13,15H,6-12H2,1-4H3/b14-5+. The maximum absolute atomic E-state index is 12.3. The SMILES string of the molecule is C/C=C(\C)CN1CCCC(n2cc(C(=O)N(CC)CC)nn2)C1. The number of hydrogen-bond donors (Lipinski definition) is 0. The molecule has 1 fully saturated rings. The number of rotatable bonds is 6. The van der Waals surface area contributed by atoms with Crippen molar-refractivity contribution in [3.8, 4) is 0 Å². The van der Waals surface area contributed by atoms with Crippen LogP contribution in [-0.2, 0) is 0 Å². The molecule has 1 unspecified atom stereocenters. The molecule has 1 aliphatic rings. The van der Waals surface area contributed by atoms with Crippen LogP contribution < -0.4 is 0 Å². The van der Waals surface area contributed by atoms with Gasteiger partial charge < -0.3 is 4.90 Å².